The highest BCUT2D eigenvalue weighted by molar-refractivity contribution is 4.87. The molecule has 0 bridgehead atoms. The van der Waals surface area contributed by atoms with Gasteiger partial charge in [0, 0.05) is 0 Å². The van der Waals surface area contributed by atoms with Crippen LogP contribution in [-0.2, 0) is 0 Å². The summed E-state index contributed by atoms with van der Waals surface area (Å²) in [5, 5.41) is 3.49. The zero-order valence-corrected chi connectivity index (χ0v) is 9.15. The van der Waals surface area contributed by atoms with E-state index >= 15 is 0 Å². The van der Waals surface area contributed by atoms with Crippen LogP contribution in [0.1, 0.15) is 34.6 Å². The molecule has 1 nitrogen and oxygen atoms in total. The molecular weight excluding hydrogens is 146 g/mol. The van der Waals surface area contributed by atoms with Crippen LogP contribution in [0.15, 0.2) is 0 Å². The van der Waals surface area contributed by atoms with Crippen molar-refractivity contribution in [1.29, 1.82) is 0 Å². The summed E-state index contributed by atoms with van der Waals surface area (Å²) in [7, 11) is 0. The van der Waals surface area contributed by atoms with Crippen molar-refractivity contribution in [3.63, 3.8) is 0 Å². The van der Waals surface area contributed by atoms with E-state index in [1.807, 2.05) is 0 Å². The van der Waals surface area contributed by atoms with E-state index in [-0.39, 0.29) is 0 Å². The lowest BCUT2D eigenvalue weighted by atomic mass is 9.66. The second-order valence-corrected chi connectivity index (χ2v) is 5.50. The van der Waals surface area contributed by atoms with E-state index < -0.39 is 0 Å². The molecule has 2 atom stereocenters. The third-order valence-corrected chi connectivity index (χ3v) is 3.16. The number of nitrogens with one attached hydrogen (secondary N) is 1. The Morgan fingerprint density at radius 2 is 1.42 bits per heavy atom. The molecule has 1 aliphatic heterocycles. The van der Waals surface area contributed by atoms with E-state index in [1.165, 1.54) is 13.1 Å². The summed E-state index contributed by atoms with van der Waals surface area (Å²) in [4.78, 5) is 0. The molecule has 0 aromatic rings. The quantitative estimate of drug-likeness (QED) is 0.587. The summed E-state index contributed by atoms with van der Waals surface area (Å²) in [5.41, 5.74) is 0.473. The van der Waals surface area contributed by atoms with Crippen LogP contribution in [0.5, 0.6) is 0 Å². The van der Waals surface area contributed by atoms with Crippen LogP contribution in [-0.4, -0.2) is 13.1 Å². The molecule has 1 heterocycles. The molecule has 0 saturated carbocycles. The molecular formula is C11H23N. The van der Waals surface area contributed by atoms with Gasteiger partial charge in [-0.05, 0) is 36.3 Å². The highest BCUT2D eigenvalue weighted by Crippen LogP contribution is 2.39. The summed E-state index contributed by atoms with van der Waals surface area (Å²) < 4.78 is 0. The maximum absolute atomic E-state index is 3.49. The molecule has 1 heteroatoms. The van der Waals surface area contributed by atoms with E-state index in [0.717, 1.165) is 17.8 Å². The molecule has 0 amide bonds. The topological polar surface area (TPSA) is 12.0 Å². The summed E-state index contributed by atoms with van der Waals surface area (Å²) in [6, 6.07) is 0. The highest BCUT2D eigenvalue weighted by Gasteiger charge is 2.35. The second kappa shape index (κ2) is 3.37. The van der Waals surface area contributed by atoms with Crippen LogP contribution in [0.25, 0.3) is 0 Å². The minimum atomic E-state index is 0.473. The van der Waals surface area contributed by atoms with Gasteiger partial charge in [0.15, 0.2) is 0 Å². The van der Waals surface area contributed by atoms with Crippen LogP contribution in [0, 0.1) is 23.2 Å². The number of piperidine rings is 1. The van der Waals surface area contributed by atoms with Crippen molar-refractivity contribution in [2.45, 2.75) is 34.6 Å². The van der Waals surface area contributed by atoms with Crippen molar-refractivity contribution >= 4 is 0 Å². The Bertz CT molecular complexity index is 136. The largest absolute Gasteiger partial charge is 0.316 e. The number of hydrogen-bond donors (Lipinski definition) is 1. The Balaban J connectivity index is 2.69. The van der Waals surface area contributed by atoms with Gasteiger partial charge in [0.25, 0.3) is 0 Å². The van der Waals surface area contributed by atoms with Crippen molar-refractivity contribution in [3.05, 3.63) is 0 Å². The maximum Gasteiger partial charge on any atom is -0.00201 e. The molecule has 1 rings (SSSR count). The van der Waals surface area contributed by atoms with Gasteiger partial charge in [0.1, 0.15) is 0 Å². The summed E-state index contributed by atoms with van der Waals surface area (Å²) >= 11 is 0. The first-order chi connectivity index (χ1) is 5.43. The molecule has 1 aliphatic rings. The zero-order chi connectivity index (χ0) is 9.35. The standard InChI is InChI=1S/C11H23N/c1-8-6-12-7-9(2)10(8)11(3,4)5/h8-10,12H,6-7H2,1-5H3. The van der Waals surface area contributed by atoms with E-state index in [1.54, 1.807) is 0 Å². The fourth-order valence-corrected chi connectivity index (χ4v) is 3.06. The zero-order valence-electron chi connectivity index (χ0n) is 9.15. The lowest BCUT2D eigenvalue weighted by Gasteiger charge is -2.43. The van der Waals surface area contributed by atoms with Gasteiger partial charge in [0.2, 0.25) is 0 Å². The molecule has 12 heavy (non-hydrogen) atoms. The Labute approximate surface area is 76.9 Å². The van der Waals surface area contributed by atoms with E-state index in [9.17, 15) is 0 Å². The minimum absolute atomic E-state index is 0.473. The third kappa shape index (κ3) is 2.01. The molecule has 0 aliphatic carbocycles. The summed E-state index contributed by atoms with van der Waals surface area (Å²) in [5.74, 6) is 2.53. The average Bonchev–Trinajstić information content (AvgIpc) is 1.82. The van der Waals surface area contributed by atoms with Gasteiger partial charge in [-0.3, -0.25) is 0 Å². The number of hydrogen-bond acceptors (Lipinski definition) is 1. The summed E-state index contributed by atoms with van der Waals surface area (Å²) in [6.45, 7) is 14.3. The van der Waals surface area contributed by atoms with Crippen LogP contribution >= 0.6 is 0 Å². The molecule has 72 valence electrons. The van der Waals surface area contributed by atoms with Crippen molar-refractivity contribution in [1.82, 2.24) is 5.32 Å². The lowest BCUT2D eigenvalue weighted by molar-refractivity contribution is 0.0774. The molecule has 1 N–H and O–H groups in total. The lowest BCUT2D eigenvalue weighted by Crippen LogP contribution is -2.46. The monoisotopic (exact) mass is 169 g/mol. The van der Waals surface area contributed by atoms with Gasteiger partial charge >= 0.3 is 0 Å². The smallest absolute Gasteiger partial charge is 0.00201 e. The normalized spacial score (nSPS) is 38.2. The Kier molecular flexibility index (Phi) is 2.82. The minimum Gasteiger partial charge on any atom is -0.316 e. The van der Waals surface area contributed by atoms with Crippen LogP contribution < -0.4 is 5.32 Å². The Morgan fingerprint density at radius 3 is 1.67 bits per heavy atom. The molecule has 1 saturated heterocycles. The third-order valence-electron chi connectivity index (χ3n) is 3.16. The first kappa shape index (κ1) is 10.0. The van der Waals surface area contributed by atoms with E-state index in [2.05, 4.69) is 39.9 Å². The molecule has 2 unspecified atom stereocenters. The van der Waals surface area contributed by atoms with Crippen molar-refractivity contribution < 1.29 is 0 Å². The average molecular weight is 169 g/mol. The van der Waals surface area contributed by atoms with Crippen molar-refractivity contribution in [2.75, 3.05) is 13.1 Å². The molecule has 1 fully saturated rings. The van der Waals surface area contributed by atoms with E-state index in [4.69, 9.17) is 0 Å². The van der Waals surface area contributed by atoms with Crippen LogP contribution in [0.4, 0.5) is 0 Å². The van der Waals surface area contributed by atoms with Crippen molar-refractivity contribution in [3.8, 4) is 0 Å². The Hall–Kier alpha value is -0.0400. The molecule has 0 spiro atoms. The van der Waals surface area contributed by atoms with Crippen LogP contribution in [0.3, 0.4) is 0 Å². The first-order valence-corrected chi connectivity index (χ1v) is 5.13. The fraction of sp³-hybridized carbons (Fsp3) is 1.00. The van der Waals surface area contributed by atoms with Gasteiger partial charge in [-0.25, -0.2) is 0 Å². The van der Waals surface area contributed by atoms with Gasteiger partial charge in [-0.15, -0.1) is 0 Å². The maximum atomic E-state index is 3.49. The number of rotatable bonds is 0. The Morgan fingerprint density at radius 1 is 1.00 bits per heavy atom. The molecule has 0 aromatic carbocycles. The molecule has 0 aromatic heterocycles. The predicted molar refractivity (Wildman–Crippen MR) is 54.1 cm³/mol. The summed E-state index contributed by atoms with van der Waals surface area (Å²) in [6.07, 6.45) is 0. The van der Waals surface area contributed by atoms with Gasteiger partial charge in [0.05, 0.1) is 0 Å². The van der Waals surface area contributed by atoms with Gasteiger partial charge < -0.3 is 5.32 Å². The highest BCUT2D eigenvalue weighted by atomic mass is 14.9. The van der Waals surface area contributed by atoms with Crippen LogP contribution in [0.2, 0.25) is 0 Å². The fourth-order valence-electron chi connectivity index (χ4n) is 3.06. The second-order valence-electron chi connectivity index (χ2n) is 5.50. The van der Waals surface area contributed by atoms with E-state index in [0.29, 0.717) is 5.41 Å². The first-order valence-electron chi connectivity index (χ1n) is 5.13. The van der Waals surface area contributed by atoms with Gasteiger partial charge in [-0.2, -0.15) is 0 Å². The van der Waals surface area contributed by atoms with Gasteiger partial charge in [-0.1, -0.05) is 34.6 Å². The predicted octanol–water partition coefficient (Wildman–Crippen LogP) is 2.52. The van der Waals surface area contributed by atoms with Crippen molar-refractivity contribution in [2.24, 2.45) is 23.2 Å². The SMILES string of the molecule is CC1CNCC(C)C1C(C)(C)C. The molecule has 0 radical (unpaired) electrons.